The second-order valence-corrected chi connectivity index (χ2v) is 11.5. The molecule has 2 aliphatic carbocycles. The number of nitrogens with two attached hydrogens (primary N) is 1. The molecule has 9 heteroatoms. The van der Waals surface area contributed by atoms with Crippen molar-refractivity contribution in [2.75, 3.05) is 18.2 Å². The highest BCUT2D eigenvalue weighted by Crippen LogP contribution is 2.52. The van der Waals surface area contributed by atoms with E-state index in [0.717, 1.165) is 11.1 Å². The summed E-state index contributed by atoms with van der Waals surface area (Å²) in [5, 5.41) is 3.16. The van der Waals surface area contributed by atoms with Crippen molar-refractivity contribution in [1.82, 2.24) is 5.32 Å². The normalized spacial score (nSPS) is 31.7. The number of hydrogen-bond acceptors (Lipinski definition) is 5. The molecule has 2 fully saturated rings. The molecular formula is C20H26FN3O4S. The highest BCUT2D eigenvalue weighted by atomic mass is 32.2. The van der Waals surface area contributed by atoms with Crippen LogP contribution in [0.25, 0.3) is 0 Å². The Balaban J connectivity index is 1.81. The van der Waals surface area contributed by atoms with Crippen LogP contribution < -0.4 is 11.1 Å². The lowest BCUT2D eigenvalue weighted by Crippen LogP contribution is -2.72. The van der Waals surface area contributed by atoms with Crippen molar-refractivity contribution in [3.05, 3.63) is 29.3 Å². The Morgan fingerprint density at radius 2 is 2.07 bits per heavy atom. The maximum Gasteiger partial charge on any atom is 0.435 e. The maximum atomic E-state index is 14.4. The molecule has 1 heterocycles. The van der Waals surface area contributed by atoms with Gasteiger partial charge in [-0.2, -0.15) is 4.99 Å². The summed E-state index contributed by atoms with van der Waals surface area (Å²) in [5.74, 6) is -0.801. The largest absolute Gasteiger partial charge is 0.442 e. The average Bonchev–Trinajstić information content (AvgIpc) is 3.39. The molecule has 1 spiro atoms. The number of fused-ring (bicyclic) bond motifs is 2. The Morgan fingerprint density at radius 3 is 2.66 bits per heavy atom. The number of nitrogens with one attached hydrogen (secondary N) is 1. The van der Waals surface area contributed by atoms with Gasteiger partial charge in [-0.15, -0.1) is 0 Å². The van der Waals surface area contributed by atoms with Crippen molar-refractivity contribution in [3.63, 3.8) is 0 Å². The summed E-state index contributed by atoms with van der Waals surface area (Å²) in [6, 6.07) is 5.34. The van der Waals surface area contributed by atoms with Gasteiger partial charge in [-0.05, 0) is 62.8 Å². The third-order valence-electron chi connectivity index (χ3n) is 5.92. The van der Waals surface area contributed by atoms with Crippen molar-refractivity contribution in [3.8, 4) is 0 Å². The monoisotopic (exact) mass is 423 g/mol. The number of alkyl halides is 1. The minimum atomic E-state index is -3.95. The average molecular weight is 424 g/mol. The smallest absolute Gasteiger partial charge is 0.435 e. The summed E-state index contributed by atoms with van der Waals surface area (Å²) in [6.45, 7) is 3.93. The van der Waals surface area contributed by atoms with E-state index in [4.69, 9.17) is 10.5 Å². The van der Waals surface area contributed by atoms with Crippen molar-refractivity contribution in [2.45, 2.75) is 55.9 Å². The molecular weight excluding hydrogens is 397 g/mol. The highest BCUT2D eigenvalue weighted by Gasteiger charge is 2.66. The first-order valence-electron chi connectivity index (χ1n) is 9.70. The predicted octanol–water partition coefficient (Wildman–Crippen LogP) is 2.49. The third kappa shape index (κ3) is 3.10. The van der Waals surface area contributed by atoms with Crippen LogP contribution in [0.1, 0.15) is 44.7 Å². The fourth-order valence-electron chi connectivity index (χ4n) is 4.47. The predicted molar refractivity (Wildman–Crippen MR) is 108 cm³/mol. The van der Waals surface area contributed by atoms with Gasteiger partial charge in [-0.1, -0.05) is 6.07 Å². The van der Waals surface area contributed by atoms with Gasteiger partial charge in [-0.3, -0.25) is 0 Å². The minimum absolute atomic E-state index is 0.143. The molecule has 1 amide bonds. The number of hydrogen-bond donors (Lipinski definition) is 2. The van der Waals surface area contributed by atoms with Gasteiger partial charge in [0.2, 0.25) is 0 Å². The van der Waals surface area contributed by atoms with E-state index in [0.29, 0.717) is 24.9 Å². The van der Waals surface area contributed by atoms with Gasteiger partial charge in [0.1, 0.15) is 18.1 Å². The first kappa shape index (κ1) is 20.1. The molecule has 4 rings (SSSR count). The quantitative estimate of drug-likeness (QED) is 0.707. The summed E-state index contributed by atoms with van der Waals surface area (Å²) >= 11 is 0. The van der Waals surface area contributed by atoms with Crippen LogP contribution in [-0.4, -0.2) is 43.1 Å². The fraction of sp³-hybridized carbons (Fsp3) is 0.600. The molecule has 0 aromatic heterocycles. The summed E-state index contributed by atoms with van der Waals surface area (Å²) < 4.78 is 44.7. The number of nitrogens with zero attached hydrogens (tertiary/aromatic N) is 1. The third-order valence-corrected chi connectivity index (χ3v) is 8.54. The van der Waals surface area contributed by atoms with E-state index in [1.807, 2.05) is 6.07 Å². The Bertz CT molecular complexity index is 1010. The molecule has 29 heavy (non-hydrogen) atoms. The Kier molecular flexibility index (Phi) is 4.28. The molecule has 1 aromatic carbocycles. The molecule has 0 bridgehead atoms. The van der Waals surface area contributed by atoms with Gasteiger partial charge in [0, 0.05) is 12.1 Å². The first-order chi connectivity index (χ1) is 13.4. The van der Waals surface area contributed by atoms with E-state index in [-0.39, 0.29) is 11.6 Å². The van der Waals surface area contributed by atoms with Gasteiger partial charge in [-0.25, -0.2) is 17.6 Å². The van der Waals surface area contributed by atoms with Crippen molar-refractivity contribution < 1.29 is 22.3 Å². The fourth-order valence-corrected chi connectivity index (χ4v) is 7.00. The van der Waals surface area contributed by atoms with Crippen LogP contribution >= 0.6 is 0 Å². The molecule has 3 N–H and O–H groups in total. The molecule has 1 saturated carbocycles. The lowest BCUT2D eigenvalue weighted by atomic mass is 9.71. The second-order valence-electron chi connectivity index (χ2n) is 9.30. The molecule has 1 saturated heterocycles. The van der Waals surface area contributed by atoms with Crippen LogP contribution in [0.2, 0.25) is 0 Å². The number of carbonyl (C=O) groups is 1. The number of aliphatic imine (C=N–C) groups is 1. The molecule has 7 nitrogen and oxygen atoms in total. The summed E-state index contributed by atoms with van der Waals surface area (Å²) in [4.78, 5) is 16.4. The van der Waals surface area contributed by atoms with E-state index in [1.165, 1.54) is 0 Å². The highest BCUT2D eigenvalue weighted by molar-refractivity contribution is 7.93. The number of amides is 1. The zero-order valence-corrected chi connectivity index (χ0v) is 17.6. The number of ether oxygens (including phenoxy) is 1. The lowest BCUT2D eigenvalue weighted by molar-refractivity contribution is 0.0602. The molecule has 0 unspecified atom stereocenters. The van der Waals surface area contributed by atoms with Crippen molar-refractivity contribution >= 4 is 27.5 Å². The summed E-state index contributed by atoms with van der Waals surface area (Å²) in [6.07, 6.45) is 0.656. The molecule has 2 atom stereocenters. The van der Waals surface area contributed by atoms with Crippen LogP contribution in [0.5, 0.6) is 0 Å². The minimum Gasteiger partial charge on any atom is -0.442 e. The maximum absolute atomic E-state index is 14.4. The van der Waals surface area contributed by atoms with E-state index in [1.54, 1.807) is 32.9 Å². The molecule has 3 aliphatic rings. The number of halogens is 1. The van der Waals surface area contributed by atoms with E-state index in [2.05, 4.69) is 10.3 Å². The Labute approximate surface area is 169 Å². The number of benzene rings is 1. The molecule has 1 aromatic rings. The zero-order chi connectivity index (χ0) is 21.2. The standard InChI is InChI=1S/C20H26FN3O4S/c1-18(2,3)28-17(25)23-16-20(10-21,13-5-6-13)29(26,27)11-19(24-16)9-12-4-7-14(22)8-15(12)19/h4,7-8,13H,5-6,9-11,22H2,1-3H3,(H,23,24,25)/t19-,20-/m0/s1. The number of nitrogen functional groups attached to an aromatic ring is 1. The van der Waals surface area contributed by atoms with Crippen LogP contribution in [0.15, 0.2) is 23.2 Å². The van der Waals surface area contributed by atoms with E-state index in [9.17, 15) is 17.6 Å². The van der Waals surface area contributed by atoms with Gasteiger partial charge >= 0.3 is 6.09 Å². The topological polar surface area (TPSA) is 111 Å². The zero-order valence-electron chi connectivity index (χ0n) is 16.8. The number of sulfone groups is 1. The molecule has 158 valence electrons. The number of rotatable bonds is 2. The van der Waals surface area contributed by atoms with Crippen LogP contribution in [0, 0.1) is 5.92 Å². The lowest BCUT2D eigenvalue weighted by Gasteiger charge is -2.52. The number of anilines is 1. The molecule has 1 aliphatic heterocycles. The summed E-state index contributed by atoms with van der Waals surface area (Å²) in [7, 11) is -3.95. The van der Waals surface area contributed by atoms with Gasteiger partial charge in [0.25, 0.3) is 0 Å². The van der Waals surface area contributed by atoms with Crippen molar-refractivity contribution in [1.29, 1.82) is 0 Å². The molecule has 0 radical (unpaired) electrons. The summed E-state index contributed by atoms with van der Waals surface area (Å²) in [5.41, 5.74) is 6.37. The van der Waals surface area contributed by atoms with Gasteiger partial charge < -0.3 is 15.8 Å². The Hall–Kier alpha value is -2.16. The second kappa shape index (κ2) is 6.17. The van der Waals surface area contributed by atoms with Crippen LogP contribution in [0.3, 0.4) is 0 Å². The van der Waals surface area contributed by atoms with Crippen LogP contribution in [0.4, 0.5) is 14.9 Å². The first-order valence-corrected chi connectivity index (χ1v) is 11.4. The number of amidine groups is 1. The number of carbonyl (C=O) groups excluding carboxylic acids is 1. The SMILES string of the molecule is CC(C)(C)OC(=O)/N=C1/N[C@@]2(Cc3ccc(N)cc32)CS(=O)(=O)[C@@]1(CF)C1CC1. The van der Waals surface area contributed by atoms with E-state index >= 15 is 0 Å². The Morgan fingerprint density at radius 1 is 1.38 bits per heavy atom. The van der Waals surface area contributed by atoms with Gasteiger partial charge in [0.15, 0.2) is 14.6 Å². The van der Waals surface area contributed by atoms with E-state index < -0.39 is 44.4 Å². The van der Waals surface area contributed by atoms with Crippen molar-refractivity contribution in [2.24, 2.45) is 10.9 Å². The van der Waals surface area contributed by atoms with Crippen LogP contribution in [-0.2, 0) is 26.5 Å². The van der Waals surface area contributed by atoms with Gasteiger partial charge in [0.05, 0.1) is 11.3 Å².